The van der Waals surface area contributed by atoms with Crippen LogP contribution in [0.3, 0.4) is 0 Å². The molecule has 0 amide bonds. The smallest absolute Gasteiger partial charge is 0.135 e. The van der Waals surface area contributed by atoms with E-state index in [1.165, 1.54) is 0 Å². The minimum atomic E-state index is -0.507. The van der Waals surface area contributed by atoms with Crippen LogP contribution >= 0.6 is 0 Å². The number of aliphatic hydroxyl groups is 1. The van der Waals surface area contributed by atoms with Crippen LogP contribution in [0.5, 0.6) is 0 Å². The van der Waals surface area contributed by atoms with Crippen LogP contribution in [-0.4, -0.2) is 36.7 Å². The number of nitrogens with one attached hydrogen (secondary N) is 1. The fraction of sp³-hybridized carbons (Fsp3) is 0.235. The fourth-order valence-corrected chi connectivity index (χ4v) is 2.74. The molecule has 0 spiro atoms. The summed E-state index contributed by atoms with van der Waals surface area (Å²) in [6.45, 7) is 3.82. The van der Waals surface area contributed by atoms with E-state index in [1.807, 2.05) is 44.3 Å². The molecule has 4 rings (SSSR count). The van der Waals surface area contributed by atoms with Gasteiger partial charge in [-0.25, -0.2) is 4.98 Å². The number of rotatable bonds is 3. The number of benzene rings is 1. The number of aliphatic hydroxyl groups excluding tert-OH is 1. The maximum Gasteiger partial charge on any atom is 0.135 e. The second kappa shape index (κ2) is 5.04. The lowest BCUT2D eigenvalue weighted by Gasteiger charge is -2.21. The summed E-state index contributed by atoms with van der Waals surface area (Å²) in [4.78, 5) is 4.52. The first-order chi connectivity index (χ1) is 11.5. The number of hydrogen-bond acceptors (Lipinski definition) is 5. The van der Waals surface area contributed by atoms with Crippen LogP contribution in [0.2, 0.25) is 0 Å². The highest BCUT2D eigenvalue weighted by Gasteiger charge is 2.22. The zero-order chi connectivity index (χ0) is 16.9. The minimum Gasteiger partial charge on any atom is -0.394 e. The Balaban J connectivity index is 1.97. The molecule has 4 aromatic rings. The van der Waals surface area contributed by atoms with Crippen molar-refractivity contribution in [3.8, 4) is 11.3 Å². The third-order valence-electron chi connectivity index (χ3n) is 4.29. The number of nitrogens with zero attached hydrogens (tertiary/aromatic N) is 4. The molecule has 24 heavy (non-hydrogen) atoms. The van der Waals surface area contributed by atoms with Crippen LogP contribution in [0.25, 0.3) is 33.1 Å². The fourth-order valence-electron chi connectivity index (χ4n) is 2.74. The SMILES string of the molecule is CC(C)(CO)n1cc2c(N)nc3cc(-c4cc[nH]n4)ccc3c2n1. The molecular weight excluding hydrogens is 304 g/mol. The van der Waals surface area contributed by atoms with E-state index in [0.29, 0.717) is 5.82 Å². The highest BCUT2D eigenvalue weighted by Crippen LogP contribution is 2.31. The molecule has 0 aliphatic heterocycles. The molecule has 0 aliphatic carbocycles. The van der Waals surface area contributed by atoms with Crippen LogP contribution in [0.4, 0.5) is 5.82 Å². The number of aromatic amines is 1. The summed E-state index contributed by atoms with van der Waals surface area (Å²) in [5, 5.41) is 22.9. The van der Waals surface area contributed by atoms with Gasteiger partial charge in [0, 0.05) is 23.3 Å². The normalized spacial score (nSPS) is 12.3. The number of hydrogen-bond donors (Lipinski definition) is 3. The summed E-state index contributed by atoms with van der Waals surface area (Å²) in [6.07, 6.45) is 3.62. The number of fused-ring (bicyclic) bond motifs is 3. The molecule has 122 valence electrons. The Morgan fingerprint density at radius 1 is 1.25 bits per heavy atom. The van der Waals surface area contributed by atoms with Gasteiger partial charge in [-0.1, -0.05) is 6.07 Å². The van der Waals surface area contributed by atoms with Gasteiger partial charge in [-0.3, -0.25) is 9.78 Å². The van der Waals surface area contributed by atoms with E-state index in [0.717, 1.165) is 33.1 Å². The summed E-state index contributed by atoms with van der Waals surface area (Å²) >= 11 is 0. The van der Waals surface area contributed by atoms with Crippen LogP contribution in [0.1, 0.15) is 13.8 Å². The molecule has 0 unspecified atom stereocenters. The van der Waals surface area contributed by atoms with E-state index in [-0.39, 0.29) is 6.61 Å². The first kappa shape index (κ1) is 14.6. The van der Waals surface area contributed by atoms with Gasteiger partial charge in [0.15, 0.2) is 0 Å². The second-order valence-corrected chi connectivity index (χ2v) is 6.49. The van der Waals surface area contributed by atoms with Gasteiger partial charge in [0.1, 0.15) is 11.3 Å². The lowest BCUT2D eigenvalue weighted by molar-refractivity contribution is 0.153. The van der Waals surface area contributed by atoms with Crippen LogP contribution < -0.4 is 5.73 Å². The van der Waals surface area contributed by atoms with Gasteiger partial charge >= 0.3 is 0 Å². The molecular formula is C17H18N6O. The molecule has 0 bridgehead atoms. The predicted octanol–water partition coefficient (Wildman–Crippen LogP) is 2.28. The third-order valence-corrected chi connectivity index (χ3v) is 4.29. The zero-order valence-corrected chi connectivity index (χ0v) is 13.5. The van der Waals surface area contributed by atoms with Gasteiger partial charge in [0.05, 0.1) is 28.7 Å². The predicted molar refractivity (Wildman–Crippen MR) is 93.4 cm³/mol. The Labute approximate surface area is 138 Å². The molecule has 3 aromatic heterocycles. The average molecular weight is 322 g/mol. The van der Waals surface area contributed by atoms with Crippen molar-refractivity contribution in [3.05, 3.63) is 36.7 Å². The van der Waals surface area contributed by atoms with Crippen molar-refractivity contribution in [1.29, 1.82) is 0 Å². The highest BCUT2D eigenvalue weighted by atomic mass is 16.3. The van der Waals surface area contributed by atoms with E-state index in [9.17, 15) is 5.11 Å². The van der Waals surface area contributed by atoms with Crippen molar-refractivity contribution < 1.29 is 5.11 Å². The second-order valence-electron chi connectivity index (χ2n) is 6.49. The quantitative estimate of drug-likeness (QED) is 0.536. The number of nitrogen functional groups attached to an aromatic ring is 1. The summed E-state index contributed by atoms with van der Waals surface area (Å²) in [6, 6.07) is 7.84. The Bertz CT molecular complexity index is 1030. The molecule has 7 nitrogen and oxygen atoms in total. The van der Waals surface area contributed by atoms with E-state index in [1.54, 1.807) is 10.9 Å². The molecule has 7 heteroatoms. The van der Waals surface area contributed by atoms with Crippen molar-refractivity contribution in [2.75, 3.05) is 12.3 Å². The van der Waals surface area contributed by atoms with Gasteiger partial charge in [-0.2, -0.15) is 10.2 Å². The largest absolute Gasteiger partial charge is 0.394 e. The van der Waals surface area contributed by atoms with E-state index in [2.05, 4.69) is 20.3 Å². The van der Waals surface area contributed by atoms with Crippen LogP contribution in [0.15, 0.2) is 36.7 Å². The Morgan fingerprint density at radius 2 is 2.08 bits per heavy atom. The molecule has 0 fully saturated rings. The average Bonchev–Trinajstić information content (AvgIpc) is 3.24. The Hall–Kier alpha value is -2.93. The molecule has 0 aliphatic rings. The summed E-state index contributed by atoms with van der Waals surface area (Å²) in [5.74, 6) is 0.427. The number of anilines is 1. The Kier molecular flexibility index (Phi) is 3.07. The molecule has 0 saturated carbocycles. The van der Waals surface area contributed by atoms with E-state index < -0.39 is 5.54 Å². The van der Waals surface area contributed by atoms with Crippen LogP contribution in [-0.2, 0) is 5.54 Å². The molecule has 1 aromatic carbocycles. The van der Waals surface area contributed by atoms with Gasteiger partial charge in [-0.05, 0) is 32.0 Å². The van der Waals surface area contributed by atoms with Crippen molar-refractivity contribution in [2.45, 2.75) is 19.4 Å². The summed E-state index contributed by atoms with van der Waals surface area (Å²) < 4.78 is 1.75. The van der Waals surface area contributed by atoms with Crippen molar-refractivity contribution in [3.63, 3.8) is 0 Å². The topological polar surface area (TPSA) is 106 Å². The number of pyridine rings is 1. The maximum absolute atomic E-state index is 9.58. The molecule has 0 radical (unpaired) electrons. The van der Waals surface area contributed by atoms with E-state index in [4.69, 9.17) is 5.73 Å². The number of nitrogens with two attached hydrogens (primary N) is 1. The van der Waals surface area contributed by atoms with Crippen molar-refractivity contribution >= 4 is 27.6 Å². The van der Waals surface area contributed by atoms with Gasteiger partial charge < -0.3 is 10.8 Å². The molecule has 4 N–H and O–H groups in total. The van der Waals surface area contributed by atoms with Crippen molar-refractivity contribution in [2.24, 2.45) is 0 Å². The lowest BCUT2D eigenvalue weighted by atomic mass is 10.1. The number of aromatic nitrogens is 5. The third kappa shape index (κ3) is 2.13. The summed E-state index contributed by atoms with van der Waals surface area (Å²) in [5.41, 5.74) is 9.00. The summed E-state index contributed by atoms with van der Waals surface area (Å²) in [7, 11) is 0. The standard InChI is InChI=1S/C17H18N6O/c1-17(2,9-24)23-8-12-15(22-23)11-4-3-10(13-5-6-19-21-13)7-14(11)20-16(12)18/h3-8,24H,9H2,1-2H3,(H2,18,20)(H,19,21). The minimum absolute atomic E-state index is 0.0183. The van der Waals surface area contributed by atoms with Gasteiger partial charge in [0.25, 0.3) is 0 Å². The monoisotopic (exact) mass is 322 g/mol. The van der Waals surface area contributed by atoms with Gasteiger partial charge in [0.2, 0.25) is 0 Å². The molecule has 0 saturated heterocycles. The maximum atomic E-state index is 9.58. The first-order valence-electron chi connectivity index (χ1n) is 7.70. The van der Waals surface area contributed by atoms with Gasteiger partial charge in [-0.15, -0.1) is 0 Å². The zero-order valence-electron chi connectivity index (χ0n) is 13.5. The number of H-pyrrole nitrogens is 1. The molecule has 0 atom stereocenters. The lowest BCUT2D eigenvalue weighted by Crippen LogP contribution is -2.30. The Morgan fingerprint density at radius 3 is 2.79 bits per heavy atom. The first-order valence-corrected chi connectivity index (χ1v) is 7.70. The molecule has 3 heterocycles. The van der Waals surface area contributed by atoms with E-state index >= 15 is 0 Å². The van der Waals surface area contributed by atoms with Crippen LogP contribution in [0, 0.1) is 0 Å². The van der Waals surface area contributed by atoms with Crippen molar-refractivity contribution in [1.82, 2.24) is 25.0 Å². The highest BCUT2D eigenvalue weighted by molar-refractivity contribution is 6.08.